The average molecular weight is 268 g/mol. The maximum Gasteiger partial charge on any atom is 0.267 e. The fraction of sp³-hybridized carbons (Fsp3) is 0.364. The smallest absolute Gasteiger partial charge is 0.267 e. The third-order valence-corrected chi connectivity index (χ3v) is 3.13. The number of nitrogen functional groups attached to an aromatic ring is 1. The molecule has 18 heavy (non-hydrogen) atoms. The molecule has 2 aromatic rings. The number of anilines is 1. The lowest BCUT2D eigenvalue weighted by Gasteiger charge is -2.07. The Kier molecular flexibility index (Phi) is 3.38. The van der Waals surface area contributed by atoms with Gasteiger partial charge in [0.25, 0.3) is 5.56 Å². The Morgan fingerprint density at radius 1 is 1.33 bits per heavy atom. The van der Waals surface area contributed by atoms with Crippen molar-refractivity contribution in [3.63, 3.8) is 0 Å². The standard InChI is InChI=1S/C11H14ClN5O/c1-3-16-8(11(12)7(2)14-16)6-17-10(18)5-4-9(13)15-17/h4-5H,3,6H2,1-2H3,(H2,13,15). The molecular weight excluding hydrogens is 254 g/mol. The van der Waals surface area contributed by atoms with Crippen molar-refractivity contribution in [2.24, 2.45) is 0 Å². The van der Waals surface area contributed by atoms with Gasteiger partial charge in [0, 0.05) is 12.6 Å². The van der Waals surface area contributed by atoms with Crippen LogP contribution in [0.2, 0.25) is 5.02 Å². The zero-order chi connectivity index (χ0) is 13.3. The van der Waals surface area contributed by atoms with Crippen LogP contribution in [0.5, 0.6) is 0 Å². The predicted molar refractivity (Wildman–Crippen MR) is 69.7 cm³/mol. The minimum Gasteiger partial charge on any atom is -0.382 e. The monoisotopic (exact) mass is 267 g/mol. The number of hydrogen-bond acceptors (Lipinski definition) is 4. The molecule has 0 fully saturated rings. The summed E-state index contributed by atoms with van der Waals surface area (Å²) in [7, 11) is 0. The van der Waals surface area contributed by atoms with E-state index in [4.69, 9.17) is 17.3 Å². The van der Waals surface area contributed by atoms with E-state index in [-0.39, 0.29) is 12.1 Å². The second kappa shape index (κ2) is 4.81. The van der Waals surface area contributed by atoms with Crippen LogP contribution in [-0.2, 0) is 13.1 Å². The van der Waals surface area contributed by atoms with Gasteiger partial charge in [-0.1, -0.05) is 11.6 Å². The molecule has 2 rings (SSSR count). The van der Waals surface area contributed by atoms with Crippen molar-refractivity contribution in [2.45, 2.75) is 26.9 Å². The van der Waals surface area contributed by atoms with Crippen molar-refractivity contribution < 1.29 is 0 Å². The van der Waals surface area contributed by atoms with Crippen molar-refractivity contribution in [2.75, 3.05) is 5.73 Å². The molecule has 2 N–H and O–H groups in total. The molecule has 0 aliphatic rings. The molecule has 6 nitrogen and oxygen atoms in total. The first-order valence-electron chi connectivity index (χ1n) is 5.58. The molecule has 0 amide bonds. The molecule has 0 aliphatic carbocycles. The molecule has 0 saturated heterocycles. The zero-order valence-electron chi connectivity index (χ0n) is 10.2. The summed E-state index contributed by atoms with van der Waals surface area (Å²) in [6.07, 6.45) is 0. The van der Waals surface area contributed by atoms with Crippen LogP contribution in [0.4, 0.5) is 5.82 Å². The van der Waals surface area contributed by atoms with Gasteiger partial charge in [-0.2, -0.15) is 10.2 Å². The van der Waals surface area contributed by atoms with Crippen LogP contribution in [0.3, 0.4) is 0 Å². The fourth-order valence-electron chi connectivity index (χ4n) is 1.74. The van der Waals surface area contributed by atoms with E-state index >= 15 is 0 Å². The lowest BCUT2D eigenvalue weighted by Crippen LogP contribution is -2.24. The minimum atomic E-state index is -0.221. The SMILES string of the molecule is CCn1nc(C)c(Cl)c1Cn1nc(N)ccc1=O. The summed E-state index contributed by atoms with van der Waals surface area (Å²) in [5.41, 5.74) is 6.85. The summed E-state index contributed by atoms with van der Waals surface area (Å²) in [5, 5.41) is 8.83. The molecule has 0 saturated carbocycles. The number of rotatable bonds is 3. The highest BCUT2D eigenvalue weighted by Crippen LogP contribution is 2.20. The van der Waals surface area contributed by atoms with Crippen LogP contribution < -0.4 is 11.3 Å². The summed E-state index contributed by atoms with van der Waals surface area (Å²) in [4.78, 5) is 11.7. The van der Waals surface area contributed by atoms with Gasteiger partial charge < -0.3 is 5.73 Å². The third-order valence-electron chi connectivity index (χ3n) is 2.64. The van der Waals surface area contributed by atoms with Crippen LogP contribution >= 0.6 is 11.6 Å². The second-order valence-corrected chi connectivity index (χ2v) is 4.29. The Morgan fingerprint density at radius 3 is 2.72 bits per heavy atom. The Hall–Kier alpha value is -1.82. The molecule has 7 heteroatoms. The molecule has 0 radical (unpaired) electrons. The van der Waals surface area contributed by atoms with E-state index < -0.39 is 0 Å². The van der Waals surface area contributed by atoms with Crippen LogP contribution in [0.15, 0.2) is 16.9 Å². The summed E-state index contributed by atoms with van der Waals surface area (Å²) in [6, 6.07) is 2.86. The number of hydrogen-bond donors (Lipinski definition) is 1. The molecular formula is C11H14ClN5O. The normalized spacial score (nSPS) is 10.8. The van der Waals surface area contributed by atoms with Crippen LogP contribution in [0.1, 0.15) is 18.3 Å². The summed E-state index contributed by atoms with van der Waals surface area (Å²) < 4.78 is 3.04. The molecule has 96 valence electrons. The highest BCUT2D eigenvalue weighted by molar-refractivity contribution is 6.31. The third kappa shape index (κ3) is 2.24. The number of halogens is 1. The van der Waals surface area contributed by atoms with Gasteiger partial charge in [0.05, 0.1) is 23.0 Å². The van der Waals surface area contributed by atoms with E-state index in [1.165, 1.54) is 16.8 Å². The average Bonchev–Trinajstić information content (AvgIpc) is 2.61. The fourth-order valence-corrected chi connectivity index (χ4v) is 1.94. The molecule has 0 atom stereocenters. The van der Waals surface area contributed by atoms with Crippen LogP contribution in [0.25, 0.3) is 0 Å². The van der Waals surface area contributed by atoms with Crippen molar-refractivity contribution in [1.82, 2.24) is 19.6 Å². The van der Waals surface area contributed by atoms with Crippen LogP contribution in [-0.4, -0.2) is 19.6 Å². The van der Waals surface area contributed by atoms with Gasteiger partial charge in [-0.15, -0.1) is 0 Å². The van der Waals surface area contributed by atoms with E-state index in [0.29, 0.717) is 17.4 Å². The maximum atomic E-state index is 11.7. The Morgan fingerprint density at radius 2 is 2.06 bits per heavy atom. The summed E-state index contributed by atoms with van der Waals surface area (Å²) in [6.45, 7) is 4.73. The topological polar surface area (TPSA) is 78.7 Å². The van der Waals surface area contributed by atoms with E-state index in [9.17, 15) is 4.79 Å². The molecule has 0 bridgehead atoms. The lowest BCUT2D eigenvalue weighted by molar-refractivity contribution is 0.561. The van der Waals surface area contributed by atoms with Crippen molar-refractivity contribution in [1.29, 1.82) is 0 Å². The number of nitrogens with zero attached hydrogens (tertiary/aromatic N) is 4. The Bertz CT molecular complexity index is 631. The van der Waals surface area contributed by atoms with Gasteiger partial charge in [0.2, 0.25) is 0 Å². The first-order chi connectivity index (χ1) is 8.52. The first kappa shape index (κ1) is 12.6. The Labute approximate surface area is 109 Å². The van der Waals surface area contributed by atoms with Crippen molar-refractivity contribution >= 4 is 17.4 Å². The number of aryl methyl sites for hydroxylation is 2. The van der Waals surface area contributed by atoms with Gasteiger partial charge in [0.15, 0.2) is 0 Å². The van der Waals surface area contributed by atoms with Crippen molar-refractivity contribution in [3.05, 3.63) is 38.9 Å². The largest absolute Gasteiger partial charge is 0.382 e. The van der Waals surface area contributed by atoms with Gasteiger partial charge >= 0.3 is 0 Å². The number of aromatic nitrogens is 4. The second-order valence-electron chi connectivity index (χ2n) is 3.92. The van der Waals surface area contributed by atoms with Crippen molar-refractivity contribution in [3.8, 4) is 0 Å². The predicted octanol–water partition coefficient (Wildman–Crippen LogP) is 1.05. The minimum absolute atomic E-state index is 0.221. The van der Waals surface area contributed by atoms with Gasteiger partial charge in [0.1, 0.15) is 5.82 Å². The highest BCUT2D eigenvalue weighted by atomic mass is 35.5. The molecule has 2 aromatic heterocycles. The highest BCUT2D eigenvalue weighted by Gasteiger charge is 2.14. The van der Waals surface area contributed by atoms with E-state index in [1.54, 1.807) is 4.68 Å². The van der Waals surface area contributed by atoms with Crippen LogP contribution in [0, 0.1) is 6.92 Å². The molecule has 0 unspecified atom stereocenters. The van der Waals surface area contributed by atoms with Gasteiger partial charge in [-0.25, -0.2) is 4.68 Å². The summed E-state index contributed by atoms with van der Waals surface area (Å²) >= 11 is 6.18. The number of nitrogens with two attached hydrogens (primary N) is 1. The lowest BCUT2D eigenvalue weighted by atomic mass is 10.3. The first-order valence-corrected chi connectivity index (χ1v) is 5.96. The van der Waals surface area contributed by atoms with E-state index in [1.807, 2.05) is 13.8 Å². The molecule has 0 aromatic carbocycles. The summed E-state index contributed by atoms with van der Waals surface area (Å²) in [5.74, 6) is 0.296. The van der Waals surface area contributed by atoms with E-state index in [0.717, 1.165) is 11.4 Å². The zero-order valence-corrected chi connectivity index (χ0v) is 11.0. The van der Waals surface area contributed by atoms with Gasteiger partial charge in [-0.3, -0.25) is 9.48 Å². The van der Waals surface area contributed by atoms with E-state index in [2.05, 4.69) is 10.2 Å². The molecule has 0 aliphatic heterocycles. The quantitative estimate of drug-likeness (QED) is 0.902. The molecule has 2 heterocycles. The Balaban J connectivity index is 2.45. The van der Waals surface area contributed by atoms with Gasteiger partial charge in [-0.05, 0) is 19.9 Å². The molecule has 0 spiro atoms. The maximum absolute atomic E-state index is 11.7.